The van der Waals surface area contributed by atoms with Crippen molar-refractivity contribution in [2.75, 3.05) is 23.9 Å². The van der Waals surface area contributed by atoms with E-state index in [1.807, 2.05) is 13.0 Å². The maximum Gasteiger partial charge on any atom is 0.337 e. The van der Waals surface area contributed by atoms with Gasteiger partial charge in [0.15, 0.2) is 6.61 Å². The van der Waals surface area contributed by atoms with Gasteiger partial charge >= 0.3 is 5.97 Å². The lowest BCUT2D eigenvalue weighted by molar-refractivity contribution is -0.121. The van der Waals surface area contributed by atoms with Crippen LogP contribution in [0.25, 0.3) is 0 Å². The Morgan fingerprint density at radius 2 is 1.96 bits per heavy atom. The van der Waals surface area contributed by atoms with E-state index in [1.54, 1.807) is 41.3 Å². The molecule has 2 aromatic rings. The van der Waals surface area contributed by atoms with E-state index >= 15 is 0 Å². The van der Waals surface area contributed by atoms with E-state index in [0.717, 1.165) is 0 Å². The van der Waals surface area contributed by atoms with Crippen LogP contribution in [-0.2, 0) is 14.3 Å². The number of anilines is 2. The van der Waals surface area contributed by atoms with E-state index < -0.39 is 5.97 Å². The van der Waals surface area contributed by atoms with Crippen molar-refractivity contribution in [3.8, 4) is 5.75 Å². The van der Waals surface area contributed by atoms with Crippen molar-refractivity contribution in [3.63, 3.8) is 0 Å². The summed E-state index contributed by atoms with van der Waals surface area (Å²) in [6, 6.07) is 13.3. The minimum absolute atomic E-state index is 0.142. The largest absolute Gasteiger partial charge is 0.484 e. The van der Waals surface area contributed by atoms with Crippen LogP contribution in [0.3, 0.4) is 0 Å². The van der Waals surface area contributed by atoms with E-state index in [4.69, 9.17) is 4.74 Å². The monoisotopic (exact) mass is 368 g/mol. The molecule has 3 rings (SSSR count). The Kier molecular flexibility index (Phi) is 5.40. The van der Waals surface area contributed by atoms with Crippen LogP contribution in [0.5, 0.6) is 5.75 Å². The molecule has 7 heteroatoms. The quantitative estimate of drug-likeness (QED) is 0.839. The molecule has 2 aromatic carbocycles. The summed E-state index contributed by atoms with van der Waals surface area (Å²) in [5.74, 6) is -0.519. The first-order valence-corrected chi connectivity index (χ1v) is 8.51. The van der Waals surface area contributed by atoms with Gasteiger partial charge in [-0.1, -0.05) is 18.2 Å². The molecule has 2 amide bonds. The SMILES string of the molecule is COC(=O)c1cccc(OCC(=O)N2c3ccccc3NC(=O)CC2C)c1. The Hall–Kier alpha value is -3.35. The fourth-order valence-corrected chi connectivity index (χ4v) is 3.01. The molecular weight excluding hydrogens is 348 g/mol. The van der Waals surface area contributed by atoms with Gasteiger partial charge in [-0.25, -0.2) is 4.79 Å². The van der Waals surface area contributed by atoms with E-state index in [1.165, 1.54) is 13.2 Å². The molecule has 0 aromatic heterocycles. The molecule has 0 radical (unpaired) electrons. The maximum absolute atomic E-state index is 12.8. The standard InChI is InChI=1S/C20H20N2O5/c1-13-10-18(23)21-16-8-3-4-9-17(16)22(13)19(24)12-27-15-7-5-6-14(11-15)20(25)26-2/h3-9,11,13H,10,12H2,1-2H3,(H,21,23). The number of benzene rings is 2. The summed E-state index contributed by atoms with van der Waals surface area (Å²) >= 11 is 0. The zero-order valence-electron chi connectivity index (χ0n) is 15.1. The van der Waals surface area contributed by atoms with Crippen LogP contribution in [0.15, 0.2) is 48.5 Å². The van der Waals surface area contributed by atoms with Gasteiger partial charge in [0.05, 0.1) is 24.0 Å². The smallest absolute Gasteiger partial charge is 0.337 e. The van der Waals surface area contributed by atoms with Crippen LogP contribution in [0.1, 0.15) is 23.7 Å². The normalized spacial score (nSPS) is 16.0. The molecule has 0 bridgehead atoms. The second-order valence-electron chi connectivity index (χ2n) is 6.19. The summed E-state index contributed by atoms with van der Waals surface area (Å²) < 4.78 is 10.3. The Morgan fingerprint density at radius 3 is 2.74 bits per heavy atom. The van der Waals surface area contributed by atoms with Crippen LogP contribution >= 0.6 is 0 Å². The number of amides is 2. The van der Waals surface area contributed by atoms with Gasteiger partial charge < -0.3 is 19.7 Å². The van der Waals surface area contributed by atoms with Crippen LogP contribution in [0.4, 0.5) is 11.4 Å². The highest BCUT2D eigenvalue weighted by Crippen LogP contribution is 2.31. The van der Waals surface area contributed by atoms with Crippen molar-refractivity contribution in [1.82, 2.24) is 0 Å². The number of nitrogens with one attached hydrogen (secondary N) is 1. The van der Waals surface area contributed by atoms with Crippen molar-refractivity contribution in [2.24, 2.45) is 0 Å². The first kappa shape index (κ1) is 18.4. The third kappa shape index (κ3) is 4.08. The number of esters is 1. The van der Waals surface area contributed by atoms with Gasteiger partial charge in [0.25, 0.3) is 5.91 Å². The van der Waals surface area contributed by atoms with Gasteiger partial charge in [-0.15, -0.1) is 0 Å². The molecule has 1 unspecified atom stereocenters. The Bertz CT molecular complexity index is 880. The van der Waals surface area contributed by atoms with Gasteiger partial charge in [0, 0.05) is 12.5 Å². The molecule has 140 valence electrons. The van der Waals surface area contributed by atoms with E-state index in [0.29, 0.717) is 22.7 Å². The number of hydrogen-bond acceptors (Lipinski definition) is 5. The Morgan fingerprint density at radius 1 is 1.19 bits per heavy atom. The molecule has 0 aliphatic carbocycles. The highest BCUT2D eigenvalue weighted by molar-refractivity contribution is 6.04. The zero-order chi connectivity index (χ0) is 19.4. The van der Waals surface area contributed by atoms with Crippen molar-refractivity contribution >= 4 is 29.2 Å². The molecule has 0 saturated heterocycles. The van der Waals surface area contributed by atoms with Crippen LogP contribution in [0.2, 0.25) is 0 Å². The number of fused-ring (bicyclic) bond motifs is 1. The predicted molar refractivity (Wildman–Crippen MR) is 99.9 cm³/mol. The summed E-state index contributed by atoms with van der Waals surface area (Å²) in [6.07, 6.45) is 0.193. The summed E-state index contributed by atoms with van der Waals surface area (Å²) in [5.41, 5.74) is 1.56. The molecule has 1 heterocycles. The third-order valence-electron chi connectivity index (χ3n) is 4.25. The topological polar surface area (TPSA) is 84.9 Å². The zero-order valence-corrected chi connectivity index (χ0v) is 15.1. The number of nitrogens with zero attached hydrogens (tertiary/aromatic N) is 1. The number of carbonyl (C=O) groups excluding carboxylic acids is 3. The predicted octanol–water partition coefficient (Wildman–Crippen LogP) is 2.62. The van der Waals surface area contributed by atoms with Crippen molar-refractivity contribution in [3.05, 3.63) is 54.1 Å². The fourth-order valence-electron chi connectivity index (χ4n) is 3.01. The first-order valence-electron chi connectivity index (χ1n) is 8.51. The number of methoxy groups -OCH3 is 1. The number of ether oxygens (including phenoxy) is 2. The molecule has 0 spiro atoms. The lowest BCUT2D eigenvalue weighted by Gasteiger charge is -2.27. The molecule has 1 N–H and O–H groups in total. The van der Waals surface area contributed by atoms with E-state index in [-0.39, 0.29) is 30.9 Å². The number of para-hydroxylation sites is 2. The maximum atomic E-state index is 12.8. The molecular formula is C20H20N2O5. The van der Waals surface area contributed by atoms with Crippen molar-refractivity contribution in [2.45, 2.75) is 19.4 Å². The average Bonchev–Trinajstić information content (AvgIpc) is 2.79. The molecule has 27 heavy (non-hydrogen) atoms. The van der Waals surface area contributed by atoms with Crippen molar-refractivity contribution in [1.29, 1.82) is 0 Å². The second-order valence-corrected chi connectivity index (χ2v) is 6.19. The third-order valence-corrected chi connectivity index (χ3v) is 4.25. The Labute approximate surface area is 156 Å². The average molecular weight is 368 g/mol. The molecule has 0 saturated carbocycles. The minimum Gasteiger partial charge on any atom is -0.484 e. The second kappa shape index (κ2) is 7.90. The highest BCUT2D eigenvalue weighted by Gasteiger charge is 2.29. The molecule has 1 aliphatic rings. The first-order chi connectivity index (χ1) is 13.0. The lowest BCUT2D eigenvalue weighted by Crippen LogP contribution is -2.41. The minimum atomic E-state index is -0.480. The van der Waals surface area contributed by atoms with Gasteiger partial charge in [-0.2, -0.15) is 0 Å². The van der Waals surface area contributed by atoms with Crippen LogP contribution in [0, 0.1) is 0 Å². The van der Waals surface area contributed by atoms with Gasteiger partial charge in [-0.3, -0.25) is 9.59 Å². The van der Waals surface area contributed by atoms with Gasteiger partial charge in [-0.05, 0) is 37.3 Å². The molecule has 7 nitrogen and oxygen atoms in total. The molecule has 1 aliphatic heterocycles. The van der Waals surface area contributed by atoms with E-state index in [9.17, 15) is 14.4 Å². The number of hydrogen-bond donors (Lipinski definition) is 1. The van der Waals surface area contributed by atoms with Gasteiger partial charge in [0.2, 0.25) is 5.91 Å². The lowest BCUT2D eigenvalue weighted by atomic mass is 10.1. The molecule has 1 atom stereocenters. The summed E-state index contributed by atoms with van der Waals surface area (Å²) in [6.45, 7) is 1.59. The number of carbonyl (C=O) groups is 3. The Balaban J connectivity index is 1.78. The summed E-state index contributed by atoms with van der Waals surface area (Å²) in [5, 5.41) is 2.81. The summed E-state index contributed by atoms with van der Waals surface area (Å²) in [7, 11) is 1.30. The highest BCUT2D eigenvalue weighted by atomic mass is 16.5. The van der Waals surface area contributed by atoms with Crippen molar-refractivity contribution < 1.29 is 23.9 Å². The fraction of sp³-hybridized carbons (Fsp3) is 0.250. The van der Waals surface area contributed by atoms with Crippen LogP contribution in [-0.4, -0.2) is 37.5 Å². The summed E-state index contributed by atoms with van der Waals surface area (Å²) in [4.78, 5) is 38.0. The van der Waals surface area contributed by atoms with E-state index in [2.05, 4.69) is 10.1 Å². The van der Waals surface area contributed by atoms with Crippen LogP contribution < -0.4 is 15.0 Å². The van der Waals surface area contributed by atoms with Gasteiger partial charge in [0.1, 0.15) is 5.75 Å². The number of rotatable bonds is 4. The molecule has 0 fully saturated rings.